The molecule has 3 rings (SSSR count). The molecule has 7 heteroatoms. The summed E-state index contributed by atoms with van der Waals surface area (Å²) in [6, 6.07) is 7.67. The van der Waals surface area contributed by atoms with Crippen LogP contribution in [0.4, 0.5) is 16.2 Å². The van der Waals surface area contributed by atoms with E-state index in [1.54, 1.807) is 10.9 Å². The molecule has 0 unspecified atom stereocenters. The molecule has 2 atom stereocenters. The Balaban J connectivity index is 1.52. The number of hydrogen-bond acceptors (Lipinski definition) is 4. The van der Waals surface area contributed by atoms with Crippen molar-refractivity contribution in [2.24, 2.45) is 7.05 Å². The fraction of sp³-hybridized carbons (Fsp3) is 0.444. The summed E-state index contributed by atoms with van der Waals surface area (Å²) in [5, 5.41) is 9.74. The molecule has 0 radical (unpaired) electrons. The van der Waals surface area contributed by atoms with Crippen LogP contribution in [0.1, 0.15) is 19.4 Å². The molecular formula is C18H25N5O2. The minimum Gasteiger partial charge on any atom is -0.372 e. The molecule has 1 fully saturated rings. The van der Waals surface area contributed by atoms with Gasteiger partial charge in [-0.05, 0) is 38.1 Å². The van der Waals surface area contributed by atoms with Gasteiger partial charge in [-0.1, -0.05) is 0 Å². The Bertz CT molecular complexity index is 703. The summed E-state index contributed by atoms with van der Waals surface area (Å²) in [5.74, 6) is 0. The van der Waals surface area contributed by atoms with E-state index in [0.29, 0.717) is 6.54 Å². The van der Waals surface area contributed by atoms with Crippen molar-refractivity contribution in [3.05, 3.63) is 42.2 Å². The summed E-state index contributed by atoms with van der Waals surface area (Å²) in [4.78, 5) is 14.3. The molecule has 1 saturated heterocycles. The summed E-state index contributed by atoms with van der Waals surface area (Å²) in [6.45, 7) is 6.38. The van der Waals surface area contributed by atoms with Crippen molar-refractivity contribution in [2.75, 3.05) is 23.3 Å². The van der Waals surface area contributed by atoms with E-state index >= 15 is 0 Å². The van der Waals surface area contributed by atoms with Crippen LogP contribution >= 0.6 is 0 Å². The van der Waals surface area contributed by atoms with E-state index < -0.39 is 0 Å². The lowest BCUT2D eigenvalue weighted by Gasteiger charge is -2.36. The van der Waals surface area contributed by atoms with Crippen LogP contribution in [0.3, 0.4) is 0 Å². The fourth-order valence-corrected chi connectivity index (χ4v) is 3.07. The van der Waals surface area contributed by atoms with Crippen LogP contribution in [0, 0.1) is 0 Å². The highest BCUT2D eigenvalue weighted by atomic mass is 16.5. The molecule has 1 aliphatic heterocycles. The third kappa shape index (κ3) is 4.73. The lowest BCUT2D eigenvalue weighted by atomic mass is 10.2. The van der Waals surface area contributed by atoms with Crippen molar-refractivity contribution in [3.8, 4) is 0 Å². The first kappa shape index (κ1) is 17.3. The predicted molar refractivity (Wildman–Crippen MR) is 97.7 cm³/mol. The minimum absolute atomic E-state index is 0.222. The molecule has 2 amide bonds. The average Bonchev–Trinajstić information content (AvgIpc) is 2.98. The second kappa shape index (κ2) is 7.57. The molecule has 0 aliphatic carbocycles. The minimum atomic E-state index is -0.231. The number of carbonyl (C=O) groups excluding carboxylic acids is 1. The van der Waals surface area contributed by atoms with Gasteiger partial charge in [0.25, 0.3) is 0 Å². The van der Waals surface area contributed by atoms with Crippen LogP contribution in [0.25, 0.3) is 0 Å². The first-order chi connectivity index (χ1) is 12.0. The number of ether oxygens (including phenoxy) is 1. The van der Waals surface area contributed by atoms with Crippen molar-refractivity contribution >= 4 is 17.4 Å². The number of amides is 2. The number of urea groups is 1. The Morgan fingerprint density at radius 3 is 2.52 bits per heavy atom. The lowest BCUT2D eigenvalue weighted by molar-refractivity contribution is -0.00521. The molecule has 7 nitrogen and oxygen atoms in total. The molecule has 2 heterocycles. The Labute approximate surface area is 148 Å². The molecule has 0 bridgehead atoms. The number of benzene rings is 1. The van der Waals surface area contributed by atoms with Gasteiger partial charge in [0.05, 0.1) is 18.4 Å². The van der Waals surface area contributed by atoms with Crippen LogP contribution < -0.4 is 15.5 Å². The highest BCUT2D eigenvalue weighted by molar-refractivity contribution is 5.89. The van der Waals surface area contributed by atoms with Gasteiger partial charge in [-0.15, -0.1) is 0 Å². The third-order valence-electron chi connectivity index (χ3n) is 4.12. The van der Waals surface area contributed by atoms with Crippen molar-refractivity contribution in [1.29, 1.82) is 0 Å². The third-order valence-corrected chi connectivity index (χ3v) is 4.12. The fourth-order valence-electron chi connectivity index (χ4n) is 3.07. The van der Waals surface area contributed by atoms with Crippen LogP contribution in [0.15, 0.2) is 36.7 Å². The maximum absolute atomic E-state index is 12.0. The standard InChI is InChI=1S/C18H25N5O2/c1-13-10-23(11-14(2)25-13)17-6-4-16(5-7-17)21-18(24)19-8-15-9-20-22(3)12-15/h4-7,9,12-14H,8,10-11H2,1-3H3,(H2,19,21,24)/t13-,14-/m0/s1. The maximum atomic E-state index is 12.0. The zero-order chi connectivity index (χ0) is 17.8. The van der Waals surface area contributed by atoms with Gasteiger partial charge in [0, 0.05) is 49.8 Å². The van der Waals surface area contributed by atoms with Crippen LogP contribution in [-0.2, 0) is 18.3 Å². The topological polar surface area (TPSA) is 71.4 Å². The van der Waals surface area contributed by atoms with E-state index in [1.807, 2.05) is 37.5 Å². The van der Waals surface area contributed by atoms with E-state index in [9.17, 15) is 4.79 Å². The van der Waals surface area contributed by atoms with Crippen molar-refractivity contribution in [3.63, 3.8) is 0 Å². The number of carbonyl (C=O) groups is 1. The van der Waals surface area contributed by atoms with Gasteiger partial charge in [0.1, 0.15) is 0 Å². The SMILES string of the molecule is C[C@H]1CN(c2ccc(NC(=O)NCc3cnn(C)c3)cc2)C[C@H](C)O1. The van der Waals surface area contributed by atoms with Crippen LogP contribution in [0.2, 0.25) is 0 Å². The molecule has 0 spiro atoms. The Morgan fingerprint density at radius 2 is 1.92 bits per heavy atom. The first-order valence-electron chi connectivity index (χ1n) is 8.52. The summed E-state index contributed by atoms with van der Waals surface area (Å²) in [7, 11) is 1.85. The van der Waals surface area contributed by atoms with Gasteiger partial charge in [-0.25, -0.2) is 4.79 Å². The zero-order valence-electron chi connectivity index (χ0n) is 14.9. The lowest BCUT2D eigenvalue weighted by Crippen LogP contribution is -2.45. The highest BCUT2D eigenvalue weighted by Gasteiger charge is 2.22. The number of rotatable bonds is 4. The normalized spacial score (nSPS) is 20.4. The smallest absolute Gasteiger partial charge is 0.319 e. The van der Waals surface area contributed by atoms with Crippen molar-refractivity contribution in [2.45, 2.75) is 32.6 Å². The van der Waals surface area contributed by atoms with Gasteiger partial charge in [0.15, 0.2) is 0 Å². The molecule has 1 aromatic carbocycles. The molecule has 1 aromatic heterocycles. The molecule has 1 aliphatic rings. The Kier molecular flexibility index (Phi) is 5.23. The summed E-state index contributed by atoms with van der Waals surface area (Å²) >= 11 is 0. The second-order valence-electron chi connectivity index (χ2n) is 6.54. The first-order valence-corrected chi connectivity index (χ1v) is 8.52. The van der Waals surface area contributed by atoms with E-state index in [-0.39, 0.29) is 18.2 Å². The number of aromatic nitrogens is 2. The second-order valence-corrected chi connectivity index (χ2v) is 6.54. The van der Waals surface area contributed by atoms with Gasteiger partial charge < -0.3 is 20.3 Å². The predicted octanol–water partition coefficient (Wildman–Crippen LogP) is 2.36. The molecule has 134 valence electrons. The Hall–Kier alpha value is -2.54. The quantitative estimate of drug-likeness (QED) is 0.894. The average molecular weight is 343 g/mol. The summed E-state index contributed by atoms with van der Waals surface area (Å²) < 4.78 is 7.48. The monoisotopic (exact) mass is 343 g/mol. The van der Waals surface area contributed by atoms with Gasteiger partial charge in [-0.3, -0.25) is 4.68 Å². The number of nitrogens with one attached hydrogen (secondary N) is 2. The van der Waals surface area contributed by atoms with Crippen molar-refractivity contribution < 1.29 is 9.53 Å². The van der Waals surface area contributed by atoms with Crippen LogP contribution in [-0.4, -0.2) is 41.1 Å². The van der Waals surface area contributed by atoms with E-state index in [2.05, 4.69) is 34.5 Å². The van der Waals surface area contributed by atoms with E-state index in [4.69, 9.17) is 4.74 Å². The summed E-state index contributed by atoms with van der Waals surface area (Å²) in [6.07, 6.45) is 4.05. The number of anilines is 2. The van der Waals surface area contributed by atoms with Gasteiger partial charge in [-0.2, -0.15) is 5.10 Å². The number of nitrogens with zero attached hydrogens (tertiary/aromatic N) is 3. The van der Waals surface area contributed by atoms with Crippen LogP contribution in [0.5, 0.6) is 0 Å². The van der Waals surface area contributed by atoms with E-state index in [0.717, 1.165) is 30.0 Å². The summed E-state index contributed by atoms with van der Waals surface area (Å²) in [5.41, 5.74) is 2.87. The molecule has 2 aromatic rings. The molecule has 25 heavy (non-hydrogen) atoms. The molecule has 2 N–H and O–H groups in total. The number of aryl methyl sites for hydroxylation is 1. The maximum Gasteiger partial charge on any atom is 0.319 e. The number of morpholine rings is 1. The van der Waals surface area contributed by atoms with Gasteiger partial charge in [0.2, 0.25) is 0 Å². The largest absolute Gasteiger partial charge is 0.372 e. The number of hydrogen-bond donors (Lipinski definition) is 2. The molecule has 0 saturated carbocycles. The van der Waals surface area contributed by atoms with Crippen molar-refractivity contribution in [1.82, 2.24) is 15.1 Å². The zero-order valence-corrected chi connectivity index (χ0v) is 14.9. The van der Waals surface area contributed by atoms with Gasteiger partial charge >= 0.3 is 6.03 Å². The Morgan fingerprint density at radius 1 is 1.24 bits per heavy atom. The molecular weight excluding hydrogens is 318 g/mol. The highest BCUT2D eigenvalue weighted by Crippen LogP contribution is 2.22. The van der Waals surface area contributed by atoms with E-state index in [1.165, 1.54) is 0 Å².